The Hall–Kier alpha value is -2.82. The highest BCUT2D eigenvalue weighted by Gasteiger charge is 2.35. The Morgan fingerprint density at radius 2 is 1.83 bits per heavy atom. The summed E-state index contributed by atoms with van der Waals surface area (Å²) in [6, 6.07) is 13.3. The third-order valence-corrected chi connectivity index (χ3v) is 4.37. The molecule has 1 heterocycles. The number of carbonyl (C=O) groups is 2. The second kappa shape index (κ2) is 6.35. The van der Waals surface area contributed by atoms with Crippen LogP contribution in [0.1, 0.15) is 11.1 Å². The minimum atomic E-state index is -0.530. The molecular formula is C19H20N2O3. The molecule has 0 spiro atoms. The van der Waals surface area contributed by atoms with Crippen LogP contribution in [0.25, 0.3) is 11.1 Å². The van der Waals surface area contributed by atoms with Crippen LogP contribution >= 0.6 is 0 Å². The minimum Gasteiger partial charge on any atom is -0.410 e. The third-order valence-electron chi connectivity index (χ3n) is 4.37. The molecule has 5 nitrogen and oxygen atoms in total. The normalized spacial score (nSPS) is 16.1. The maximum atomic E-state index is 12.1. The quantitative estimate of drug-likeness (QED) is 0.883. The summed E-state index contributed by atoms with van der Waals surface area (Å²) < 4.78 is 5.39. The minimum absolute atomic E-state index is 0.152. The molecular weight excluding hydrogens is 304 g/mol. The first-order valence-corrected chi connectivity index (χ1v) is 7.86. The number of ether oxygens (including phenoxy) is 1. The molecule has 1 fully saturated rings. The predicted molar refractivity (Wildman–Crippen MR) is 91.9 cm³/mol. The molecule has 1 aliphatic heterocycles. The summed E-state index contributed by atoms with van der Waals surface area (Å²) >= 11 is 0. The van der Waals surface area contributed by atoms with Crippen LogP contribution in [0.3, 0.4) is 0 Å². The van der Waals surface area contributed by atoms with E-state index in [1.54, 1.807) is 13.1 Å². The van der Waals surface area contributed by atoms with Crippen molar-refractivity contribution in [1.82, 2.24) is 10.2 Å². The van der Waals surface area contributed by atoms with Gasteiger partial charge < -0.3 is 10.1 Å². The maximum Gasteiger partial charge on any atom is 0.415 e. The number of hydrogen-bond donors (Lipinski definition) is 1. The first-order chi connectivity index (χ1) is 11.5. The lowest BCUT2D eigenvalue weighted by atomic mass is 9.97. The summed E-state index contributed by atoms with van der Waals surface area (Å²) in [5.41, 5.74) is 4.50. The molecule has 3 rings (SSSR count). The number of benzene rings is 2. The molecule has 0 saturated carbocycles. The highest BCUT2D eigenvalue weighted by atomic mass is 16.6. The van der Waals surface area contributed by atoms with Crippen LogP contribution < -0.4 is 10.1 Å². The van der Waals surface area contributed by atoms with Crippen LogP contribution in [0.5, 0.6) is 5.75 Å². The number of rotatable bonds is 3. The van der Waals surface area contributed by atoms with Crippen LogP contribution in [0, 0.1) is 13.8 Å². The van der Waals surface area contributed by atoms with Crippen LogP contribution in [-0.4, -0.2) is 36.5 Å². The zero-order chi connectivity index (χ0) is 17.3. The highest BCUT2D eigenvalue weighted by molar-refractivity contribution is 5.91. The van der Waals surface area contributed by atoms with Gasteiger partial charge in [0.05, 0.1) is 0 Å². The van der Waals surface area contributed by atoms with Gasteiger partial charge in [-0.1, -0.05) is 30.3 Å². The topological polar surface area (TPSA) is 58.6 Å². The Bertz CT molecular complexity index is 801. The van der Waals surface area contributed by atoms with Gasteiger partial charge in [0, 0.05) is 13.6 Å². The van der Waals surface area contributed by atoms with Crippen LogP contribution in [-0.2, 0) is 4.79 Å². The van der Waals surface area contributed by atoms with Crippen molar-refractivity contribution in [3.05, 3.63) is 53.6 Å². The molecule has 5 heteroatoms. The van der Waals surface area contributed by atoms with Crippen molar-refractivity contribution in [2.24, 2.45) is 0 Å². The van der Waals surface area contributed by atoms with E-state index in [-0.39, 0.29) is 5.91 Å². The van der Waals surface area contributed by atoms with E-state index in [4.69, 9.17) is 4.74 Å². The molecule has 2 aromatic carbocycles. The fourth-order valence-electron chi connectivity index (χ4n) is 2.77. The molecule has 24 heavy (non-hydrogen) atoms. The lowest BCUT2D eigenvalue weighted by Gasteiger charge is -2.33. The largest absolute Gasteiger partial charge is 0.415 e. The van der Waals surface area contributed by atoms with Gasteiger partial charge in [0.2, 0.25) is 5.91 Å². The fourth-order valence-corrected chi connectivity index (χ4v) is 2.77. The van der Waals surface area contributed by atoms with Gasteiger partial charge in [-0.25, -0.2) is 4.79 Å². The van der Waals surface area contributed by atoms with Crippen molar-refractivity contribution in [3.8, 4) is 16.9 Å². The SMILES string of the molecule is Cc1ccccc1-c1ccc(OC(=O)N(C)[C@H]2CNC2=O)cc1C. The van der Waals surface area contributed by atoms with E-state index < -0.39 is 12.1 Å². The summed E-state index contributed by atoms with van der Waals surface area (Å²) in [5, 5.41) is 2.61. The number of nitrogens with one attached hydrogen (secondary N) is 1. The Labute approximate surface area is 141 Å². The second-order valence-corrected chi connectivity index (χ2v) is 6.03. The van der Waals surface area contributed by atoms with E-state index in [0.29, 0.717) is 12.3 Å². The molecule has 0 bridgehead atoms. The Morgan fingerprint density at radius 3 is 2.42 bits per heavy atom. The number of nitrogens with zero attached hydrogens (tertiary/aromatic N) is 1. The lowest BCUT2D eigenvalue weighted by Crippen LogP contribution is -2.62. The molecule has 1 aliphatic rings. The van der Waals surface area contributed by atoms with Gasteiger partial charge in [0.1, 0.15) is 11.8 Å². The molecule has 124 valence electrons. The molecule has 2 amide bonds. The summed E-state index contributed by atoms with van der Waals surface area (Å²) in [6.07, 6.45) is -0.530. The van der Waals surface area contributed by atoms with Crippen LogP contribution in [0.2, 0.25) is 0 Å². The van der Waals surface area contributed by atoms with Gasteiger partial charge in [-0.15, -0.1) is 0 Å². The number of hydrogen-bond acceptors (Lipinski definition) is 3. The van der Waals surface area contributed by atoms with Gasteiger partial charge in [-0.3, -0.25) is 9.69 Å². The van der Waals surface area contributed by atoms with Crippen LogP contribution in [0.15, 0.2) is 42.5 Å². The summed E-state index contributed by atoms with van der Waals surface area (Å²) in [6.45, 7) is 4.53. The Morgan fingerprint density at radius 1 is 1.12 bits per heavy atom. The molecule has 0 unspecified atom stereocenters. The van der Waals surface area contributed by atoms with E-state index in [1.807, 2.05) is 31.2 Å². The zero-order valence-electron chi connectivity index (χ0n) is 14.0. The van der Waals surface area contributed by atoms with Gasteiger partial charge in [0.25, 0.3) is 0 Å². The van der Waals surface area contributed by atoms with Gasteiger partial charge in [0.15, 0.2) is 0 Å². The number of β-lactam (4-membered cyclic amide) rings is 1. The van der Waals surface area contributed by atoms with Crippen LogP contribution in [0.4, 0.5) is 4.79 Å². The Kier molecular flexibility index (Phi) is 4.25. The van der Waals surface area contributed by atoms with Gasteiger partial charge in [-0.2, -0.15) is 0 Å². The average Bonchev–Trinajstić information content (AvgIpc) is 2.54. The molecule has 2 aromatic rings. The average molecular weight is 324 g/mol. The van der Waals surface area contributed by atoms with Crippen molar-refractivity contribution in [2.45, 2.75) is 19.9 Å². The van der Waals surface area contributed by atoms with E-state index in [1.165, 1.54) is 10.5 Å². The number of likely N-dealkylation sites (N-methyl/N-ethyl adjacent to an activating group) is 1. The van der Waals surface area contributed by atoms with Crippen molar-refractivity contribution in [3.63, 3.8) is 0 Å². The number of aryl methyl sites for hydroxylation is 2. The molecule has 1 atom stereocenters. The van der Waals surface area contributed by atoms with E-state index in [9.17, 15) is 9.59 Å². The monoisotopic (exact) mass is 324 g/mol. The third kappa shape index (κ3) is 2.97. The first-order valence-electron chi connectivity index (χ1n) is 7.86. The molecule has 1 saturated heterocycles. The zero-order valence-corrected chi connectivity index (χ0v) is 14.0. The standard InChI is InChI=1S/C19H20N2O3/c1-12-6-4-5-7-15(12)16-9-8-14(10-13(16)2)24-19(23)21(3)17-11-20-18(17)22/h4-10,17H,11H2,1-3H3,(H,20,22)/t17-/m0/s1. The Balaban J connectivity index is 1.76. The van der Waals surface area contributed by atoms with Crippen molar-refractivity contribution in [2.75, 3.05) is 13.6 Å². The summed E-state index contributed by atoms with van der Waals surface area (Å²) in [4.78, 5) is 24.8. The van der Waals surface area contributed by atoms with Gasteiger partial charge >= 0.3 is 6.09 Å². The lowest BCUT2D eigenvalue weighted by molar-refractivity contribution is -0.131. The highest BCUT2D eigenvalue weighted by Crippen LogP contribution is 2.29. The summed E-state index contributed by atoms with van der Waals surface area (Å²) in [7, 11) is 1.57. The van der Waals surface area contributed by atoms with Crippen molar-refractivity contribution < 1.29 is 14.3 Å². The van der Waals surface area contributed by atoms with E-state index >= 15 is 0 Å². The second-order valence-electron chi connectivity index (χ2n) is 6.03. The fraction of sp³-hybridized carbons (Fsp3) is 0.263. The van der Waals surface area contributed by atoms with Gasteiger partial charge in [-0.05, 0) is 48.2 Å². The smallest absolute Gasteiger partial charge is 0.410 e. The molecule has 0 radical (unpaired) electrons. The molecule has 0 aromatic heterocycles. The number of carbonyl (C=O) groups excluding carboxylic acids is 2. The van der Waals surface area contributed by atoms with E-state index in [0.717, 1.165) is 16.7 Å². The summed E-state index contributed by atoms with van der Waals surface area (Å²) in [5.74, 6) is 0.321. The number of amides is 2. The first kappa shape index (κ1) is 16.1. The maximum absolute atomic E-state index is 12.1. The van der Waals surface area contributed by atoms with E-state index in [2.05, 4.69) is 24.4 Å². The van der Waals surface area contributed by atoms with Crippen molar-refractivity contribution in [1.29, 1.82) is 0 Å². The predicted octanol–water partition coefficient (Wildman–Crippen LogP) is 2.90. The molecule has 1 N–H and O–H groups in total. The van der Waals surface area contributed by atoms with Crippen molar-refractivity contribution >= 4 is 12.0 Å². The molecule has 0 aliphatic carbocycles.